The molecule has 1 heterocycles. The number of methoxy groups -OCH3 is 1. The van der Waals surface area contributed by atoms with Crippen LogP contribution >= 0.6 is 0 Å². The highest BCUT2D eigenvalue weighted by atomic mass is 16.5. The monoisotopic (exact) mass is 262 g/mol. The smallest absolute Gasteiger partial charge is 0.332 e. The molecule has 2 aromatic rings. The molecule has 1 aromatic heterocycles. The van der Waals surface area contributed by atoms with E-state index in [1.807, 2.05) is 0 Å². The average molecular weight is 262 g/mol. The highest BCUT2D eigenvalue weighted by molar-refractivity contribution is 5.78. The fraction of sp³-hybridized carbons (Fsp3) is 0.308. The number of fused-ring (bicyclic) bond motifs is 1. The molecule has 0 unspecified atom stereocenters. The summed E-state index contributed by atoms with van der Waals surface area (Å²) in [6.45, 7) is 1.85. The predicted octanol–water partition coefficient (Wildman–Crippen LogP) is 0.356. The molecule has 0 saturated carbocycles. The van der Waals surface area contributed by atoms with Gasteiger partial charge in [0.2, 0.25) is 0 Å². The SMILES string of the molecule is CCn1c(=O)n(CC(=O)OC)c(=O)c2ccccc21. The van der Waals surface area contributed by atoms with Gasteiger partial charge in [0.1, 0.15) is 6.54 Å². The average Bonchev–Trinajstić information content (AvgIpc) is 2.44. The molecule has 0 amide bonds. The predicted molar refractivity (Wildman–Crippen MR) is 70.2 cm³/mol. The molecule has 100 valence electrons. The van der Waals surface area contributed by atoms with Crippen LogP contribution in [0.1, 0.15) is 6.92 Å². The third kappa shape index (κ3) is 2.16. The zero-order valence-corrected chi connectivity index (χ0v) is 10.8. The topological polar surface area (TPSA) is 70.3 Å². The Balaban J connectivity index is 2.82. The van der Waals surface area contributed by atoms with E-state index in [4.69, 9.17) is 0 Å². The van der Waals surface area contributed by atoms with Gasteiger partial charge in [-0.1, -0.05) is 12.1 Å². The Bertz CT molecular complexity index is 742. The van der Waals surface area contributed by atoms with Crippen LogP contribution in [0.4, 0.5) is 0 Å². The van der Waals surface area contributed by atoms with Gasteiger partial charge in [-0.2, -0.15) is 0 Å². The molecule has 0 aliphatic carbocycles. The summed E-state index contributed by atoms with van der Waals surface area (Å²) in [6, 6.07) is 6.83. The molecule has 0 N–H and O–H groups in total. The van der Waals surface area contributed by atoms with Gasteiger partial charge in [0.15, 0.2) is 0 Å². The van der Waals surface area contributed by atoms with Gasteiger partial charge in [-0.15, -0.1) is 0 Å². The minimum atomic E-state index is -0.628. The van der Waals surface area contributed by atoms with E-state index in [1.165, 1.54) is 11.7 Å². The molecule has 19 heavy (non-hydrogen) atoms. The number of aryl methyl sites for hydroxylation is 1. The Hall–Kier alpha value is -2.37. The van der Waals surface area contributed by atoms with E-state index in [2.05, 4.69) is 4.74 Å². The molecule has 0 atom stereocenters. The van der Waals surface area contributed by atoms with Gasteiger partial charge < -0.3 is 4.74 Å². The molecule has 2 rings (SSSR count). The second-order valence-corrected chi connectivity index (χ2v) is 4.01. The minimum Gasteiger partial charge on any atom is -0.468 e. The van der Waals surface area contributed by atoms with Gasteiger partial charge in [0.25, 0.3) is 5.56 Å². The summed E-state index contributed by atoms with van der Waals surface area (Å²) in [7, 11) is 1.22. The summed E-state index contributed by atoms with van der Waals surface area (Å²) < 4.78 is 6.86. The number of carbonyl (C=O) groups is 1. The lowest BCUT2D eigenvalue weighted by atomic mass is 10.2. The van der Waals surface area contributed by atoms with Crippen LogP contribution in [0.15, 0.2) is 33.9 Å². The fourth-order valence-corrected chi connectivity index (χ4v) is 2.01. The maximum atomic E-state index is 12.2. The van der Waals surface area contributed by atoms with Gasteiger partial charge in [-0.05, 0) is 19.1 Å². The highest BCUT2D eigenvalue weighted by Gasteiger charge is 2.14. The molecule has 0 aliphatic heterocycles. The molecular weight excluding hydrogens is 248 g/mol. The van der Waals surface area contributed by atoms with Crippen molar-refractivity contribution in [2.75, 3.05) is 7.11 Å². The van der Waals surface area contributed by atoms with Crippen molar-refractivity contribution in [3.05, 3.63) is 45.1 Å². The van der Waals surface area contributed by atoms with Crippen LogP contribution in [0.5, 0.6) is 0 Å². The van der Waals surface area contributed by atoms with Crippen LogP contribution in [0.25, 0.3) is 10.9 Å². The van der Waals surface area contributed by atoms with Crippen LogP contribution in [0, 0.1) is 0 Å². The minimum absolute atomic E-state index is 0.376. The summed E-state index contributed by atoms with van der Waals surface area (Å²) in [5.41, 5.74) is -0.409. The summed E-state index contributed by atoms with van der Waals surface area (Å²) in [4.78, 5) is 35.7. The number of nitrogens with zero attached hydrogens (tertiary/aromatic N) is 2. The van der Waals surface area contributed by atoms with E-state index in [-0.39, 0.29) is 6.54 Å². The van der Waals surface area contributed by atoms with E-state index in [1.54, 1.807) is 31.2 Å². The summed E-state index contributed by atoms with van der Waals surface area (Å²) in [6.07, 6.45) is 0. The van der Waals surface area contributed by atoms with Gasteiger partial charge in [-0.3, -0.25) is 14.2 Å². The second kappa shape index (κ2) is 5.09. The maximum absolute atomic E-state index is 12.2. The van der Waals surface area contributed by atoms with Gasteiger partial charge in [-0.25, -0.2) is 9.36 Å². The first-order valence-electron chi connectivity index (χ1n) is 5.89. The Morgan fingerprint density at radius 2 is 1.89 bits per heavy atom. The number of hydrogen-bond acceptors (Lipinski definition) is 4. The van der Waals surface area contributed by atoms with Crippen molar-refractivity contribution in [3.63, 3.8) is 0 Å². The van der Waals surface area contributed by atoms with Crippen molar-refractivity contribution in [2.24, 2.45) is 0 Å². The number of para-hydroxylation sites is 1. The lowest BCUT2D eigenvalue weighted by Gasteiger charge is -2.11. The maximum Gasteiger partial charge on any atom is 0.332 e. The summed E-state index contributed by atoms with van der Waals surface area (Å²) in [5.74, 6) is -0.628. The molecule has 0 bridgehead atoms. The molecule has 0 radical (unpaired) electrons. The summed E-state index contributed by atoms with van der Waals surface area (Å²) in [5, 5.41) is 0.410. The number of aromatic nitrogens is 2. The quantitative estimate of drug-likeness (QED) is 0.749. The largest absolute Gasteiger partial charge is 0.468 e. The van der Waals surface area contributed by atoms with Crippen molar-refractivity contribution in [2.45, 2.75) is 20.0 Å². The van der Waals surface area contributed by atoms with E-state index in [0.29, 0.717) is 17.4 Å². The highest BCUT2D eigenvalue weighted by Crippen LogP contribution is 2.06. The molecule has 0 aliphatic rings. The van der Waals surface area contributed by atoms with Crippen molar-refractivity contribution in [3.8, 4) is 0 Å². The Kier molecular flexibility index (Phi) is 3.50. The second-order valence-electron chi connectivity index (χ2n) is 4.01. The lowest BCUT2D eigenvalue weighted by Crippen LogP contribution is -2.41. The third-order valence-electron chi connectivity index (χ3n) is 2.96. The molecule has 0 fully saturated rings. The molecule has 0 saturated heterocycles. The number of ether oxygens (including phenoxy) is 1. The van der Waals surface area contributed by atoms with Gasteiger partial charge >= 0.3 is 11.7 Å². The number of benzene rings is 1. The molecule has 1 aromatic carbocycles. The standard InChI is InChI=1S/C13H14N2O4/c1-3-14-10-7-5-4-6-9(10)12(17)15(13(14)18)8-11(16)19-2/h4-7H,3,8H2,1-2H3. The normalized spacial score (nSPS) is 10.6. The molecular formula is C13H14N2O4. The summed E-state index contributed by atoms with van der Waals surface area (Å²) >= 11 is 0. The Labute approximate surface area is 108 Å². The third-order valence-corrected chi connectivity index (χ3v) is 2.96. The zero-order valence-electron chi connectivity index (χ0n) is 10.8. The van der Waals surface area contributed by atoms with Gasteiger partial charge in [0.05, 0.1) is 18.0 Å². The van der Waals surface area contributed by atoms with Gasteiger partial charge in [0, 0.05) is 6.54 Å². The van der Waals surface area contributed by atoms with Crippen molar-refractivity contribution in [1.82, 2.24) is 9.13 Å². The number of esters is 1. The van der Waals surface area contributed by atoms with Crippen LogP contribution in [-0.2, 0) is 22.6 Å². The lowest BCUT2D eigenvalue weighted by molar-refractivity contribution is -0.141. The number of rotatable bonds is 3. The fourth-order valence-electron chi connectivity index (χ4n) is 2.01. The van der Waals surface area contributed by atoms with E-state index in [9.17, 15) is 14.4 Å². The molecule has 6 nitrogen and oxygen atoms in total. The Morgan fingerprint density at radius 1 is 1.21 bits per heavy atom. The van der Waals surface area contributed by atoms with E-state index >= 15 is 0 Å². The van der Waals surface area contributed by atoms with Crippen molar-refractivity contribution < 1.29 is 9.53 Å². The van der Waals surface area contributed by atoms with Crippen LogP contribution in [0.2, 0.25) is 0 Å². The Morgan fingerprint density at radius 3 is 2.53 bits per heavy atom. The van der Waals surface area contributed by atoms with Crippen LogP contribution < -0.4 is 11.2 Å². The number of hydrogen-bond donors (Lipinski definition) is 0. The first-order valence-corrected chi connectivity index (χ1v) is 5.89. The van der Waals surface area contributed by atoms with E-state index < -0.39 is 17.2 Å². The number of carbonyl (C=O) groups excluding carboxylic acids is 1. The first kappa shape index (κ1) is 13.1. The van der Waals surface area contributed by atoms with Crippen LogP contribution in [0.3, 0.4) is 0 Å². The van der Waals surface area contributed by atoms with Crippen molar-refractivity contribution in [1.29, 1.82) is 0 Å². The van der Waals surface area contributed by atoms with E-state index in [0.717, 1.165) is 4.57 Å². The molecule has 6 heteroatoms. The molecule has 0 spiro atoms. The zero-order chi connectivity index (χ0) is 14.0. The first-order chi connectivity index (χ1) is 9.10. The van der Waals surface area contributed by atoms with Crippen molar-refractivity contribution >= 4 is 16.9 Å². The van der Waals surface area contributed by atoms with Crippen LogP contribution in [-0.4, -0.2) is 22.2 Å².